The van der Waals surface area contributed by atoms with E-state index in [1.807, 2.05) is 24.3 Å². The van der Waals surface area contributed by atoms with Crippen molar-refractivity contribution in [3.8, 4) is 6.07 Å². The van der Waals surface area contributed by atoms with Crippen LogP contribution in [0, 0.1) is 11.3 Å². The van der Waals surface area contributed by atoms with Crippen molar-refractivity contribution >= 4 is 0 Å². The van der Waals surface area contributed by atoms with Crippen molar-refractivity contribution in [1.29, 1.82) is 5.26 Å². The second-order valence-corrected chi connectivity index (χ2v) is 4.15. The second kappa shape index (κ2) is 5.11. The standard InChI is InChI=1S/C13H16N2O/c1-16-13-6-7-15(10-13)9-12-5-3-2-4-11(12)8-14/h2-5,13H,6-7,9-10H2,1H3. The first-order valence-corrected chi connectivity index (χ1v) is 5.56. The summed E-state index contributed by atoms with van der Waals surface area (Å²) >= 11 is 0. The first kappa shape index (κ1) is 11.1. The van der Waals surface area contributed by atoms with Gasteiger partial charge in [0.25, 0.3) is 0 Å². The Labute approximate surface area is 96.2 Å². The van der Waals surface area contributed by atoms with Crippen LogP contribution in [0.3, 0.4) is 0 Å². The van der Waals surface area contributed by atoms with E-state index in [1.54, 1.807) is 7.11 Å². The highest BCUT2D eigenvalue weighted by Crippen LogP contribution is 2.17. The minimum absolute atomic E-state index is 0.356. The molecule has 3 heteroatoms. The molecule has 84 valence electrons. The number of hydrogen-bond donors (Lipinski definition) is 0. The van der Waals surface area contributed by atoms with Crippen LogP contribution < -0.4 is 0 Å². The van der Waals surface area contributed by atoms with Crippen molar-refractivity contribution in [3.05, 3.63) is 35.4 Å². The van der Waals surface area contributed by atoms with Gasteiger partial charge in [0.1, 0.15) is 0 Å². The van der Waals surface area contributed by atoms with Gasteiger partial charge >= 0.3 is 0 Å². The van der Waals surface area contributed by atoms with Gasteiger partial charge < -0.3 is 4.74 Å². The maximum absolute atomic E-state index is 9.00. The van der Waals surface area contributed by atoms with Crippen LogP contribution in [0.4, 0.5) is 0 Å². The average Bonchev–Trinajstić information content (AvgIpc) is 2.77. The van der Waals surface area contributed by atoms with E-state index in [1.165, 1.54) is 0 Å². The Hall–Kier alpha value is -1.37. The maximum atomic E-state index is 9.00. The molecule has 1 saturated heterocycles. The van der Waals surface area contributed by atoms with Crippen molar-refractivity contribution in [2.45, 2.75) is 19.1 Å². The summed E-state index contributed by atoms with van der Waals surface area (Å²) in [6.07, 6.45) is 1.44. The Morgan fingerprint density at radius 3 is 3.00 bits per heavy atom. The van der Waals surface area contributed by atoms with Crippen LogP contribution in [0.5, 0.6) is 0 Å². The molecule has 1 aromatic rings. The van der Waals surface area contributed by atoms with Gasteiger partial charge in [-0.1, -0.05) is 18.2 Å². The van der Waals surface area contributed by atoms with E-state index in [9.17, 15) is 0 Å². The van der Waals surface area contributed by atoms with Crippen molar-refractivity contribution in [3.63, 3.8) is 0 Å². The topological polar surface area (TPSA) is 36.3 Å². The van der Waals surface area contributed by atoms with Crippen LogP contribution in [0.15, 0.2) is 24.3 Å². The Balaban J connectivity index is 2.02. The van der Waals surface area contributed by atoms with Gasteiger partial charge in [0.15, 0.2) is 0 Å². The van der Waals surface area contributed by atoms with E-state index in [-0.39, 0.29) is 0 Å². The molecule has 0 bridgehead atoms. The average molecular weight is 216 g/mol. The lowest BCUT2D eigenvalue weighted by Gasteiger charge is -2.16. The van der Waals surface area contributed by atoms with E-state index in [0.717, 1.165) is 37.2 Å². The first-order chi connectivity index (χ1) is 7.83. The molecule has 1 atom stereocenters. The normalized spacial score (nSPS) is 20.9. The van der Waals surface area contributed by atoms with Crippen LogP contribution in [-0.4, -0.2) is 31.2 Å². The van der Waals surface area contributed by atoms with E-state index in [4.69, 9.17) is 10.00 Å². The quantitative estimate of drug-likeness (QED) is 0.772. The SMILES string of the molecule is COC1CCN(Cc2ccccc2C#N)C1. The highest BCUT2D eigenvalue weighted by atomic mass is 16.5. The minimum atomic E-state index is 0.356. The third-order valence-corrected chi connectivity index (χ3v) is 3.09. The van der Waals surface area contributed by atoms with Crippen molar-refractivity contribution in [2.75, 3.05) is 20.2 Å². The molecule has 0 aromatic heterocycles. The molecular weight excluding hydrogens is 200 g/mol. The number of nitrogens with zero attached hydrogens (tertiary/aromatic N) is 2. The maximum Gasteiger partial charge on any atom is 0.0995 e. The van der Waals surface area contributed by atoms with Crippen LogP contribution in [0.2, 0.25) is 0 Å². The number of hydrogen-bond acceptors (Lipinski definition) is 3. The first-order valence-electron chi connectivity index (χ1n) is 5.56. The molecule has 0 spiro atoms. The lowest BCUT2D eigenvalue weighted by Crippen LogP contribution is -2.22. The van der Waals surface area contributed by atoms with Gasteiger partial charge in [0.2, 0.25) is 0 Å². The fourth-order valence-electron chi connectivity index (χ4n) is 2.14. The van der Waals surface area contributed by atoms with Crippen LogP contribution in [0.25, 0.3) is 0 Å². The van der Waals surface area contributed by atoms with E-state index in [0.29, 0.717) is 6.10 Å². The Kier molecular flexibility index (Phi) is 3.55. The van der Waals surface area contributed by atoms with Crippen molar-refractivity contribution in [1.82, 2.24) is 4.90 Å². The van der Waals surface area contributed by atoms with Gasteiger partial charge in [-0.05, 0) is 18.1 Å². The Morgan fingerprint density at radius 1 is 1.50 bits per heavy atom. The zero-order valence-corrected chi connectivity index (χ0v) is 9.52. The number of likely N-dealkylation sites (tertiary alicyclic amines) is 1. The summed E-state index contributed by atoms with van der Waals surface area (Å²) in [5.41, 5.74) is 1.89. The largest absolute Gasteiger partial charge is 0.380 e. The van der Waals surface area contributed by atoms with Crippen LogP contribution in [-0.2, 0) is 11.3 Å². The van der Waals surface area contributed by atoms with E-state index >= 15 is 0 Å². The zero-order valence-electron chi connectivity index (χ0n) is 9.52. The summed E-state index contributed by atoms with van der Waals surface area (Å²) in [5.74, 6) is 0. The zero-order chi connectivity index (χ0) is 11.4. The summed E-state index contributed by atoms with van der Waals surface area (Å²) in [4.78, 5) is 2.34. The molecule has 1 aliphatic rings. The molecule has 3 nitrogen and oxygen atoms in total. The van der Waals surface area contributed by atoms with Gasteiger partial charge in [0, 0.05) is 26.7 Å². The summed E-state index contributed by atoms with van der Waals surface area (Å²) in [6, 6.07) is 10.0. The molecule has 0 N–H and O–H groups in total. The molecule has 2 rings (SSSR count). The monoisotopic (exact) mass is 216 g/mol. The molecular formula is C13H16N2O. The summed E-state index contributed by atoms with van der Waals surface area (Å²) in [5, 5.41) is 9.00. The smallest absolute Gasteiger partial charge is 0.0995 e. The predicted molar refractivity (Wildman–Crippen MR) is 61.8 cm³/mol. The highest BCUT2D eigenvalue weighted by molar-refractivity contribution is 5.37. The molecule has 1 aliphatic heterocycles. The molecule has 1 fully saturated rings. The number of rotatable bonds is 3. The molecule has 0 amide bonds. The van der Waals surface area contributed by atoms with E-state index < -0.39 is 0 Å². The van der Waals surface area contributed by atoms with E-state index in [2.05, 4.69) is 11.0 Å². The molecule has 1 aromatic carbocycles. The number of methoxy groups -OCH3 is 1. The molecule has 0 aliphatic carbocycles. The molecule has 0 radical (unpaired) electrons. The number of benzene rings is 1. The highest BCUT2D eigenvalue weighted by Gasteiger charge is 2.22. The fraction of sp³-hybridized carbons (Fsp3) is 0.462. The van der Waals surface area contributed by atoms with Crippen LogP contribution in [0.1, 0.15) is 17.5 Å². The molecule has 16 heavy (non-hydrogen) atoms. The lowest BCUT2D eigenvalue weighted by molar-refractivity contribution is 0.107. The summed E-state index contributed by atoms with van der Waals surface area (Å²) in [6.45, 7) is 2.87. The Bertz CT molecular complexity index is 397. The molecule has 1 heterocycles. The van der Waals surface area contributed by atoms with Crippen LogP contribution >= 0.6 is 0 Å². The van der Waals surface area contributed by atoms with Gasteiger partial charge in [-0.25, -0.2) is 0 Å². The predicted octanol–water partition coefficient (Wildman–Crippen LogP) is 1.78. The van der Waals surface area contributed by atoms with Gasteiger partial charge in [-0.3, -0.25) is 4.90 Å². The number of ether oxygens (including phenoxy) is 1. The van der Waals surface area contributed by atoms with Gasteiger partial charge in [0.05, 0.1) is 17.7 Å². The fourth-order valence-corrected chi connectivity index (χ4v) is 2.14. The number of nitriles is 1. The molecule has 0 saturated carbocycles. The molecule has 1 unspecified atom stereocenters. The Morgan fingerprint density at radius 2 is 2.31 bits per heavy atom. The minimum Gasteiger partial charge on any atom is -0.380 e. The van der Waals surface area contributed by atoms with Crippen molar-refractivity contribution < 1.29 is 4.74 Å². The van der Waals surface area contributed by atoms with Crippen molar-refractivity contribution in [2.24, 2.45) is 0 Å². The second-order valence-electron chi connectivity index (χ2n) is 4.15. The lowest BCUT2D eigenvalue weighted by atomic mass is 10.1. The van der Waals surface area contributed by atoms with Gasteiger partial charge in [-0.15, -0.1) is 0 Å². The summed E-state index contributed by atoms with van der Waals surface area (Å²) < 4.78 is 5.33. The summed E-state index contributed by atoms with van der Waals surface area (Å²) in [7, 11) is 1.76. The van der Waals surface area contributed by atoms with Gasteiger partial charge in [-0.2, -0.15) is 5.26 Å². The third-order valence-electron chi connectivity index (χ3n) is 3.09. The third kappa shape index (κ3) is 2.41.